The summed E-state index contributed by atoms with van der Waals surface area (Å²) in [6.45, 7) is 4.63. The zero-order chi connectivity index (χ0) is 13.1. The molecule has 0 fully saturated rings. The van der Waals surface area contributed by atoms with Crippen LogP contribution in [0.4, 0.5) is 5.82 Å². The molecule has 6 nitrogen and oxygen atoms in total. The molecule has 18 heavy (non-hydrogen) atoms. The molecule has 0 aliphatic carbocycles. The maximum absolute atomic E-state index is 5.90. The number of hydrogen-bond donors (Lipinski definition) is 1. The first-order chi connectivity index (χ1) is 8.59. The molecular weight excluding hydrogens is 252 g/mol. The van der Waals surface area contributed by atoms with Gasteiger partial charge in [-0.25, -0.2) is 0 Å². The molecule has 0 bridgehead atoms. The molecule has 2 aromatic heterocycles. The van der Waals surface area contributed by atoms with Gasteiger partial charge >= 0.3 is 0 Å². The maximum atomic E-state index is 5.90. The van der Waals surface area contributed by atoms with E-state index in [1.165, 1.54) is 0 Å². The summed E-state index contributed by atoms with van der Waals surface area (Å²) in [5.74, 6) is 1.69. The van der Waals surface area contributed by atoms with Gasteiger partial charge < -0.3 is 9.88 Å². The number of aryl methyl sites for hydroxylation is 1. The van der Waals surface area contributed by atoms with Crippen LogP contribution in [0.2, 0.25) is 5.15 Å². The monoisotopic (exact) mass is 266 g/mol. The van der Waals surface area contributed by atoms with Crippen LogP contribution in [-0.2, 0) is 13.5 Å². The molecule has 2 rings (SSSR count). The second-order valence-corrected chi connectivity index (χ2v) is 4.48. The summed E-state index contributed by atoms with van der Waals surface area (Å²) < 4.78 is 1.90. The molecule has 7 heteroatoms. The fraction of sp³-hybridized carbons (Fsp3) is 0.455. The van der Waals surface area contributed by atoms with Gasteiger partial charge in [-0.2, -0.15) is 0 Å². The number of anilines is 1. The highest BCUT2D eigenvalue weighted by Gasteiger charge is 2.08. The normalized spacial score (nSPS) is 10.7. The van der Waals surface area contributed by atoms with Gasteiger partial charge in [0.1, 0.15) is 12.2 Å². The van der Waals surface area contributed by atoms with Crippen LogP contribution in [0.3, 0.4) is 0 Å². The van der Waals surface area contributed by atoms with Gasteiger partial charge in [-0.3, -0.25) is 0 Å². The predicted molar refractivity (Wildman–Crippen MR) is 69.7 cm³/mol. The van der Waals surface area contributed by atoms with Gasteiger partial charge in [0.2, 0.25) is 0 Å². The Labute approximate surface area is 110 Å². The van der Waals surface area contributed by atoms with E-state index in [1.54, 1.807) is 6.33 Å². The Hall–Kier alpha value is -1.69. The summed E-state index contributed by atoms with van der Waals surface area (Å²) in [5.41, 5.74) is 1.97. The van der Waals surface area contributed by atoms with E-state index in [-0.39, 0.29) is 0 Å². The molecule has 0 amide bonds. The van der Waals surface area contributed by atoms with Crippen LogP contribution in [-0.4, -0.2) is 31.5 Å². The molecule has 0 saturated heterocycles. The Morgan fingerprint density at radius 1 is 1.22 bits per heavy atom. The van der Waals surface area contributed by atoms with Crippen molar-refractivity contribution in [2.75, 3.05) is 11.9 Å². The molecule has 0 atom stereocenters. The van der Waals surface area contributed by atoms with Crippen molar-refractivity contribution in [3.05, 3.63) is 28.4 Å². The zero-order valence-corrected chi connectivity index (χ0v) is 11.4. The third-order valence-electron chi connectivity index (χ3n) is 2.91. The van der Waals surface area contributed by atoms with Gasteiger partial charge in [0.05, 0.1) is 0 Å². The molecule has 0 radical (unpaired) electrons. The molecular formula is C11H15ClN6. The second kappa shape index (κ2) is 5.30. The van der Waals surface area contributed by atoms with E-state index >= 15 is 0 Å². The fourth-order valence-electron chi connectivity index (χ4n) is 1.57. The van der Waals surface area contributed by atoms with Gasteiger partial charge in [0.15, 0.2) is 11.0 Å². The fourth-order valence-corrected chi connectivity index (χ4v) is 1.75. The van der Waals surface area contributed by atoms with Crippen LogP contribution in [0.15, 0.2) is 6.33 Å². The summed E-state index contributed by atoms with van der Waals surface area (Å²) in [6, 6.07) is 0. The Morgan fingerprint density at radius 2 is 2.00 bits per heavy atom. The molecule has 0 aliphatic rings. The Morgan fingerprint density at radius 3 is 2.67 bits per heavy atom. The summed E-state index contributed by atoms with van der Waals surface area (Å²) >= 11 is 5.90. The second-order valence-electron chi connectivity index (χ2n) is 4.12. The summed E-state index contributed by atoms with van der Waals surface area (Å²) in [4.78, 5) is 0. The summed E-state index contributed by atoms with van der Waals surface area (Å²) in [5, 5.41) is 19.5. The number of halogens is 1. The van der Waals surface area contributed by atoms with E-state index in [1.807, 2.05) is 25.5 Å². The molecule has 2 heterocycles. The van der Waals surface area contributed by atoms with Crippen molar-refractivity contribution in [1.82, 2.24) is 25.0 Å². The van der Waals surface area contributed by atoms with Gasteiger partial charge in [-0.15, -0.1) is 20.4 Å². The van der Waals surface area contributed by atoms with Gasteiger partial charge in [0.25, 0.3) is 0 Å². The van der Waals surface area contributed by atoms with Crippen LogP contribution in [0.1, 0.15) is 17.0 Å². The van der Waals surface area contributed by atoms with Crippen molar-refractivity contribution in [3.63, 3.8) is 0 Å². The van der Waals surface area contributed by atoms with Crippen molar-refractivity contribution in [2.45, 2.75) is 20.3 Å². The Bertz CT molecular complexity index is 550. The highest BCUT2D eigenvalue weighted by Crippen LogP contribution is 2.20. The van der Waals surface area contributed by atoms with E-state index < -0.39 is 0 Å². The minimum Gasteiger partial charge on any atom is -0.368 e. The maximum Gasteiger partial charge on any atom is 0.155 e. The van der Waals surface area contributed by atoms with Crippen molar-refractivity contribution < 1.29 is 0 Å². The van der Waals surface area contributed by atoms with E-state index in [4.69, 9.17) is 11.6 Å². The van der Waals surface area contributed by atoms with Gasteiger partial charge in [0, 0.05) is 20.0 Å². The zero-order valence-electron chi connectivity index (χ0n) is 10.6. The van der Waals surface area contributed by atoms with Crippen LogP contribution in [0.25, 0.3) is 0 Å². The molecule has 0 aromatic carbocycles. The van der Waals surface area contributed by atoms with Gasteiger partial charge in [-0.1, -0.05) is 11.6 Å². The Balaban J connectivity index is 1.99. The SMILES string of the molecule is Cc1c(Cl)nnc(NCCc2nncn2C)c1C. The minimum atomic E-state index is 0.450. The molecule has 0 aliphatic heterocycles. The van der Waals surface area contributed by atoms with Crippen LogP contribution in [0.5, 0.6) is 0 Å². The van der Waals surface area contributed by atoms with Crippen LogP contribution >= 0.6 is 11.6 Å². The van der Waals surface area contributed by atoms with Crippen molar-refractivity contribution in [3.8, 4) is 0 Å². The van der Waals surface area contributed by atoms with Crippen molar-refractivity contribution in [1.29, 1.82) is 0 Å². The first-order valence-corrected chi connectivity index (χ1v) is 6.03. The standard InChI is InChI=1S/C11H15ClN6/c1-7-8(2)11(17-16-10(7)12)13-5-4-9-15-14-6-18(9)3/h6H,4-5H2,1-3H3,(H,13,17). The molecule has 1 N–H and O–H groups in total. The predicted octanol–water partition coefficient (Wildman–Crippen LogP) is 1.53. The first kappa shape index (κ1) is 12.8. The minimum absolute atomic E-state index is 0.450. The summed E-state index contributed by atoms with van der Waals surface area (Å²) in [7, 11) is 1.92. The number of nitrogens with zero attached hydrogens (tertiary/aromatic N) is 5. The molecule has 0 spiro atoms. The number of hydrogen-bond acceptors (Lipinski definition) is 5. The molecule has 96 valence electrons. The number of nitrogens with one attached hydrogen (secondary N) is 1. The van der Waals surface area contributed by atoms with E-state index in [9.17, 15) is 0 Å². The van der Waals surface area contributed by atoms with Crippen molar-refractivity contribution in [2.24, 2.45) is 7.05 Å². The van der Waals surface area contributed by atoms with Gasteiger partial charge in [-0.05, 0) is 25.0 Å². The third kappa shape index (κ3) is 2.59. The lowest BCUT2D eigenvalue weighted by Gasteiger charge is -2.09. The molecule has 0 unspecified atom stereocenters. The first-order valence-electron chi connectivity index (χ1n) is 5.65. The van der Waals surface area contributed by atoms with E-state index in [0.717, 1.165) is 35.7 Å². The highest BCUT2D eigenvalue weighted by molar-refractivity contribution is 6.30. The Kier molecular flexibility index (Phi) is 3.76. The highest BCUT2D eigenvalue weighted by atomic mass is 35.5. The van der Waals surface area contributed by atoms with E-state index in [2.05, 4.69) is 25.7 Å². The average molecular weight is 267 g/mol. The topological polar surface area (TPSA) is 68.5 Å². The quantitative estimate of drug-likeness (QED) is 0.909. The largest absolute Gasteiger partial charge is 0.368 e. The van der Waals surface area contributed by atoms with E-state index in [0.29, 0.717) is 5.15 Å². The van der Waals surface area contributed by atoms with Crippen LogP contribution < -0.4 is 5.32 Å². The lowest BCUT2D eigenvalue weighted by Crippen LogP contribution is -2.11. The van der Waals surface area contributed by atoms with Crippen LogP contribution in [0, 0.1) is 13.8 Å². The third-order valence-corrected chi connectivity index (χ3v) is 3.27. The smallest absolute Gasteiger partial charge is 0.155 e. The number of aromatic nitrogens is 5. The lowest BCUT2D eigenvalue weighted by molar-refractivity contribution is 0.785. The molecule has 2 aromatic rings. The molecule has 0 saturated carbocycles. The number of rotatable bonds is 4. The lowest BCUT2D eigenvalue weighted by atomic mass is 10.2. The van der Waals surface area contributed by atoms with Crippen molar-refractivity contribution >= 4 is 17.4 Å². The average Bonchev–Trinajstić information content (AvgIpc) is 2.75. The summed E-state index contributed by atoms with van der Waals surface area (Å²) in [6.07, 6.45) is 2.46.